The van der Waals surface area contributed by atoms with Gasteiger partial charge in [-0.15, -0.1) is 13.2 Å². The topological polar surface area (TPSA) is 30.0 Å². The molecule has 3 heteroatoms. The highest BCUT2D eigenvalue weighted by Crippen LogP contribution is 2.07. The number of para-hydroxylation sites is 1. The SMILES string of the molecule is C=CCS(=O)CC=C.c1ccc2ncccc2c1. The zero-order chi connectivity index (χ0) is 13.2. The number of rotatable bonds is 4. The lowest BCUT2D eigenvalue weighted by Gasteiger charge is -1.91. The van der Waals surface area contributed by atoms with Crippen molar-refractivity contribution in [1.29, 1.82) is 0 Å². The van der Waals surface area contributed by atoms with E-state index in [9.17, 15) is 4.21 Å². The van der Waals surface area contributed by atoms with Gasteiger partial charge in [0.05, 0.1) is 5.52 Å². The molecule has 0 saturated carbocycles. The summed E-state index contributed by atoms with van der Waals surface area (Å²) in [5, 5.41) is 1.20. The lowest BCUT2D eigenvalue weighted by Crippen LogP contribution is -1.95. The molecule has 0 bridgehead atoms. The maximum Gasteiger partial charge on any atom is 0.0701 e. The fourth-order valence-corrected chi connectivity index (χ4v) is 2.01. The lowest BCUT2D eigenvalue weighted by atomic mass is 10.2. The summed E-state index contributed by atoms with van der Waals surface area (Å²) in [7, 11) is -0.756. The highest BCUT2D eigenvalue weighted by Gasteiger charge is 1.88. The number of aromatic nitrogens is 1. The van der Waals surface area contributed by atoms with Gasteiger partial charge in [0.2, 0.25) is 0 Å². The second kappa shape index (κ2) is 8.37. The maximum atomic E-state index is 10.6. The third-order valence-electron chi connectivity index (χ3n) is 2.12. The van der Waals surface area contributed by atoms with E-state index in [1.165, 1.54) is 5.39 Å². The van der Waals surface area contributed by atoms with Crippen molar-refractivity contribution in [3.05, 3.63) is 67.9 Å². The number of pyridine rings is 1. The Labute approximate surface area is 111 Å². The van der Waals surface area contributed by atoms with Gasteiger partial charge in [-0.25, -0.2) is 0 Å². The summed E-state index contributed by atoms with van der Waals surface area (Å²) in [6, 6.07) is 12.1. The molecule has 0 amide bonds. The second-order valence-electron chi connectivity index (χ2n) is 3.55. The van der Waals surface area contributed by atoms with Gasteiger partial charge in [-0.1, -0.05) is 36.4 Å². The van der Waals surface area contributed by atoms with E-state index in [1.807, 2.05) is 30.5 Å². The van der Waals surface area contributed by atoms with E-state index < -0.39 is 10.8 Å². The third kappa shape index (κ3) is 5.06. The van der Waals surface area contributed by atoms with Crippen LogP contribution in [0.5, 0.6) is 0 Å². The van der Waals surface area contributed by atoms with Gasteiger partial charge in [0, 0.05) is 33.9 Å². The summed E-state index contributed by atoms with van der Waals surface area (Å²) in [4.78, 5) is 4.18. The number of benzene rings is 1. The van der Waals surface area contributed by atoms with E-state index in [0.717, 1.165) is 5.52 Å². The largest absolute Gasteiger partial charge is 0.259 e. The molecule has 2 rings (SSSR count). The van der Waals surface area contributed by atoms with Crippen LogP contribution >= 0.6 is 0 Å². The Bertz CT molecular complexity index is 459. The van der Waals surface area contributed by atoms with Crippen LogP contribution in [0.3, 0.4) is 0 Å². The van der Waals surface area contributed by atoms with E-state index in [4.69, 9.17) is 0 Å². The molecule has 0 radical (unpaired) electrons. The average Bonchev–Trinajstić information content (AvgIpc) is 2.40. The maximum absolute atomic E-state index is 10.6. The molecular weight excluding hydrogens is 242 g/mol. The van der Waals surface area contributed by atoms with Crippen LogP contribution in [-0.2, 0) is 10.8 Å². The van der Waals surface area contributed by atoms with Gasteiger partial charge in [0.25, 0.3) is 0 Å². The molecule has 0 saturated heterocycles. The van der Waals surface area contributed by atoms with Crippen LogP contribution in [0, 0.1) is 0 Å². The summed E-state index contributed by atoms with van der Waals surface area (Å²) < 4.78 is 10.6. The summed E-state index contributed by atoms with van der Waals surface area (Å²) in [6.45, 7) is 6.91. The highest BCUT2D eigenvalue weighted by molar-refractivity contribution is 7.85. The minimum absolute atomic E-state index is 0.575. The molecular formula is C15H17NOS. The molecule has 0 aliphatic carbocycles. The third-order valence-corrected chi connectivity index (χ3v) is 3.33. The quantitative estimate of drug-likeness (QED) is 0.788. The molecule has 2 aromatic rings. The Hall–Kier alpha value is -1.74. The molecule has 0 fully saturated rings. The van der Waals surface area contributed by atoms with Crippen molar-refractivity contribution in [3.63, 3.8) is 0 Å². The average molecular weight is 259 g/mol. The minimum Gasteiger partial charge on any atom is -0.259 e. The summed E-state index contributed by atoms with van der Waals surface area (Å²) in [5.41, 5.74) is 1.06. The van der Waals surface area contributed by atoms with Crippen molar-refractivity contribution < 1.29 is 4.21 Å². The lowest BCUT2D eigenvalue weighted by molar-refractivity contribution is 0.687. The number of hydrogen-bond donors (Lipinski definition) is 0. The van der Waals surface area contributed by atoms with Crippen molar-refractivity contribution in [2.75, 3.05) is 11.5 Å². The Morgan fingerprint density at radius 3 is 2.28 bits per heavy atom. The van der Waals surface area contributed by atoms with E-state index in [-0.39, 0.29) is 0 Å². The Morgan fingerprint density at radius 1 is 1.06 bits per heavy atom. The number of hydrogen-bond acceptors (Lipinski definition) is 2. The normalized spacial score (nSPS) is 9.61. The van der Waals surface area contributed by atoms with Crippen molar-refractivity contribution in [2.24, 2.45) is 0 Å². The molecule has 0 spiro atoms. The minimum atomic E-state index is -0.756. The van der Waals surface area contributed by atoms with Gasteiger partial charge in [0.15, 0.2) is 0 Å². The molecule has 94 valence electrons. The Morgan fingerprint density at radius 2 is 1.67 bits per heavy atom. The molecule has 0 unspecified atom stereocenters. The zero-order valence-electron chi connectivity index (χ0n) is 10.3. The first-order valence-corrected chi connectivity index (χ1v) is 7.13. The van der Waals surface area contributed by atoms with Crippen molar-refractivity contribution >= 4 is 21.7 Å². The molecule has 18 heavy (non-hydrogen) atoms. The predicted molar refractivity (Wildman–Crippen MR) is 80.0 cm³/mol. The van der Waals surface area contributed by atoms with Crippen molar-refractivity contribution in [2.45, 2.75) is 0 Å². The van der Waals surface area contributed by atoms with Crippen LogP contribution in [0.2, 0.25) is 0 Å². The van der Waals surface area contributed by atoms with Crippen molar-refractivity contribution in [3.8, 4) is 0 Å². The molecule has 1 heterocycles. The first kappa shape index (κ1) is 14.3. The predicted octanol–water partition coefficient (Wildman–Crippen LogP) is 3.34. The zero-order valence-corrected chi connectivity index (χ0v) is 11.1. The van der Waals surface area contributed by atoms with E-state index >= 15 is 0 Å². The number of fused-ring (bicyclic) bond motifs is 1. The van der Waals surface area contributed by atoms with Gasteiger partial charge < -0.3 is 0 Å². The van der Waals surface area contributed by atoms with Gasteiger partial charge in [-0.3, -0.25) is 9.19 Å². The molecule has 0 aliphatic rings. The molecule has 1 aromatic carbocycles. The molecule has 2 nitrogen and oxygen atoms in total. The van der Waals surface area contributed by atoms with Crippen molar-refractivity contribution in [1.82, 2.24) is 4.98 Å². The Kier molecular flexibility index (Phi) is 6.66. The van der Waals surface area contributed by atoms with Gasteiger partial charge >= 0.3 is 0 Å². The van der Waals surface area contributed by atoms with Crippen LogP contribution in [0.15, 0.2) is 67.9 Å². The van der Waals surface area contributed by atoms with E-state index in [0.29, 0.717) is 11.5 Å². The van der Waals surface area contributed by atoms with Crippen LogP contribution in [0.1, 0.15) is 0 Å². The summed E-state index contributed by atoms with van der Waals surface area (Å²) >= 11 is 0. The highest BCUT2D eigenvalue weighted by atomic mass is 32.2. The van der Waals surface area contributed by atoms with Crippen LogP contribution in [0.4, 0.5) is 0 Å². The first-order valence-electron chi connectivity index (χ1n) is 5.64. The van der Waals surface area contributed by atoms with E-state index in [2.05, 4.69) is 30.3 Å². The van der Waals surface area contributed by atoms with Crippen LogP contribution in [-0.4, -0.2) is 20.7 Å². The summed E-state index contributed by atoms with van der Waals surface area (Å²) in [5.74, 6) is 1.15. The fourth-order valence-electron chi connectivity index (χ4n) is 1.35. The second-order valence-corrected chi connectivity index (χ2v) is 5.09. The molecule has 0 aliphatic heterocycles. The van der Waals surface area contributed by atoms with Gasteiger partial charge in [0.1, 0.15) is 0 Å². The molecule has 0 N–H and O–H groups in total. The van der Waals surface area contributed by atoms with Crippen LogP contribution in [0.25, 0.3) is 10.9 Å². The first-order chi connectivity index (χ1) is 8.77. The molecule has 1 aromatic heterocycles. The molecule has 0 atom stereocenters. The van der Waals surface area contributed by atoms with E-state index in [1.54, 1.807) is 12.2 Å². The smallest absolute Gasteiger partial charge is 0.0701 e. The number of nitrogens with zero attached hydrogens (tertiary/aromatic N) is 1. The standard InChI is InChI=1S/C9H7N.C6H10OS/c1-2-6-9-8(4-1)5-3-7-10-9;1-3-5-8(7)6-4-2/h1-7H;3-4H,1-2,5-6H2. The van der Waals surface area contributed by atoms with Crippen LogP contribution < -0.4 is 0 Å². The van der Waals surface area contributed by atoms with Gasteiger partial charge in [-0.2, -0.15) is 0 Å². The monoisotopic (exact) mass is 259 g/mol. The Balaban J connectivity index is 0.000000187. The van der Waals surface area contributed by atoms with Gasteiger partial charge in [-0.05, 0) is 12.1 Å². The summed E-state index contributed by atoms with van der Waals surface area (Å²) in [6.07, 6.45) is 5.11. The fraction of sp³-hybridized carbons (Fsp3) is 0.133.